The quantitative estimate of drug-likeness (QED) is 0.586. The third-order valence-corrected chi connectivity index (χ3v) is 3.21. The first kappa shape index (κ1) is 19.7. The molecule has 0 heterocycles. The average Bonchev–Trinajstić information content (AvgIpc) is 2.47. The molecule has 21 heavy (non-hydrogen) atoms. The van der Waals surface area contributed by atoms with Gasteiger partial charge in [-0.05, 0) is 39.7 Å². The number of halogens is 1. The lowest BCUT2D eigenvalue weighted by Crippen LogP contribution is -2.30. The molecule has 0 N–H and O–H groups in total. The Bertz CT molecular complexity index is 427. The Balaban J connectivity index is 0.000000486. The number of ketones is 1. The standard InChI is InChI=1S/C12H16O2.C5H9ClO/c1-4-14-11(13)12(2,3)10-8-6-5-7-9-10;1-5(7)3-2-4-6/h5-9H,4H2,1-3H3;2-4H2,1H3. The molecule has 0 saturated carbocycles. The van der Waals surface area contributed by atoms with Crippen LogP contribution in [0.25, 0.3) is 0 Å². The minimum absolute atomic E-state index is 0.175. The molecule has 3 nitrogen and oxygen atoms in total. The maximum atomic E-state index is 11.6. The molecule has 1 rings (SSSR count). The van der Waals surface area contributed by atoms with Crippen molar-refractivity contribution in [3.05, 3.63) is 35.9 Å². The Morgan fingerprint density at radius 1 is 1.19 bits per heavy atom. The van der Waals surface area contributed by atoms with Crippen molar-refractivity contribution in [1.82, 2.24) is 0 Å². The molecular weight excluding hydrogens is 288 g/mol. The number of carbonyl (C=O) groups is 2. The summed E-state index contributed by atoms with van der Waals surface area (Å²) in [5, 5.41) is 0. The summed E-state index contributed by atoms with van der Waals surface area (Å²) in [6.45, 7) is 7.57. The van der Waals surface area contributed by atoms with Crippen LogP contribution in [0.2, 0.25) is 0 Å². The molecule has 0 amide bonds. The van der Waals surface area contributed by atoms with Gasteiger partial charge >= 0.3 is 5.97 Å². The van der Waals surface area contributed by atoms with E-state index in [1.165, 1.54) is 0 Å². The summed E-state index contributed by atoms with van der Waals surface area (Å²) in [6, 6.07) is 9.67. The number of hydrogen-bond donors (Lipinski definition) is 0. The monoisotopic (exact) mass is 312 g/mol. The second kappa shape index (κ2) is 10.4. The van der Waals surface area contributed by atoms with E-state index in [9.17, 15) is 9.59 Å². The third-order valence-electron chi connectivity index (χ3n) is 2.94. The SMILES string of the molecule is CC(=O)CCCCl.CCOC(=O)C(C)(C)c1ccccc1. The molecule has 0 aromatic heterocycles. The first-order valence-corrected chi connectivity index (χ1v) is 7.67. The highest BCUT2D eigenvalue weighted by atomic mass is 35.5. The number of ether oxygens (including phenoxy) is 1. The smallest absolute Gasteiger partial charge is 0.315 e. The van der Waals surface area contributed by atoms with E-state index >= 15 is 0 Å². The van der Waals surface area contributed by atoms with Gasteiger partial charge in [0.2, 0.25) is 0 Å². The van der Waals surface area contributed by atoms with Gasteiger partial charge in [-0.15, -0.1) is 11.6 Å². The molecule has 0 bridgehead atoms. The largest absolute Gasteiger partial charge is 0.465 e. The molecular formula is C17H25ClO3. The molecule has 0 aliphatic carbocycles. The molecule has 0 unspecified atom stereocenters. The van der Waals surface area contributed by atoms with Gasteiger partial charge in [-0.25, -0.2) is 0 Å². The number of rotatable bonds is 6. The van der Waals surface area contributed by atoms with E-state index < -0.39 is 5.41 Å². The van der Waals surface area contributed by atoms with Crippen molar-refractivity contribution in [3.63, 3.8) is 0 Å². The first-order chi connectivity index (χ1) is 9.86. The van der Waals surface area contributed by atoms with Crippen LogP contribution in [0.15, 0.2) is 30.3 Å². The minimum atomic E-state index is -0.558. The lowest BCUT2D eigenvalue weighted by molar-refractivity contribution is -0.148. The number of Topliss-reactive ketones (excluding diaryl/α,β-unsaturated/α-hetero) is 1. The highest BCUT2D eigenvalue weighted by Crippen LogP contribution is 2.24. The molecule has 4 heteroatoms. The van der Waals surface area contributed by atoms with Gasteiger partial charge in [0.25, 0.3) is 0 Å². The first-order valence-electron chi connectivity index (χ1n) is 7.14. The van der Waals surface area contributed by atoms with Crippen LogP contribution in [0.1, 0.15) is 46.1 Å². The lowest BCUT2D eigenvalue weighted by atomic mass is 9.85. The van der Waals surface area contributed by atoms with Crippen molar-refractivity contribution in [2.75, 3.05) is 12.5 Å². The number of hydrogen-bond acceptors (Lipinski definition) is 3. The van der Waals surface area contributed by atoms with Crippen LogP contribution in [0.5, 0.6) is 0 Å². The maximum Gasteiger partial charge on any atom is 0.315 e. The van der Waals surface area contributed by atoms with Crippen LogP contribution < -0.4 is 0 Å². The summed E-state index contributed by atoms with van der Waals surface area (Å²) in [5.74, 6) is 0.645. The van der Waals surface area contributed by atoms with E-state index in [-0.39, 0.29) is 11.8 Å². The molecule has 0 fully saturated rings. The molecule has 0 atom stereocenters. The van der Waals surface area contributed by atoms with E-state index in [2.05, 4.69) is 0 Å². The van der Waals surface area contributed by atoms with Gasteiger partial charge in [0.1, 0.15) is 5.78 Å². The van der Waals surface area contributed by atoms with E-state index in [1.54, 1.807) is 6.92 Å². The molecule has 1 aromatic carbocycles. The lowest BCUT2D eigenvalue weighted by Gasteiger charge is -2.22. The summed E-state index contributed by atoms with van der Waals surface area (Å²) in [7, 11) is 0. The molecule has 0 radical (unpaired) electrons. The Kier molecular flexibility index (Phi) is 9.72. The normalized spacial score (nSPS) is 10.3. The number of carbonyl (C=O) groups excluding carboxylic acids is 2. The van der Waals surface area contributed by atoms with Gasteiger partial charge in [-0.1, -0.05) is 30.3 Å². The average molecular weight is 313 g/mol. The van der Waals surface area contributed by atoms with E-state index in [1.807, 2.05) is 51.1 Å². The number of alkyl halides is 1. The predicted octanol–water partition coefficient (Wildman–Crippen LogP) is 4.12. The molecule has 0 spiro atoms. The zero-order valence-corrected chi connectivity index (χ0v) is 14.1. The zero-order chi connectivity index (χ0) is 16.3. The van der Waals surface area contributed by atoms with Crippen LogP contribution in [0.4, 0.5) is 0 Å². The number of benzene rings is 1. The van der Waals surface area contributed by atoms with Gasteiger partial charge in [0, 0.05) is 12.3 Å². The Labute approximate surface area is 132 Å². The fourth-order valence-corrected chi connectivity index (χ4v) is 1.73. The fraction of sp³-hybridized carbons (Fsp3) is 0.529. The molecule has 118 valence electrons. The fourth-order valence-electron chi connectivity index (χ4n) is 1.60. The minimum Gasteiger partial charge on any atom is -0.465 e. The van der Waals surface area contributed by atoms with Crippen molar-refractivity contribution in [1.29, 1.82) is 0 Å². The molecule has 0 aliphatic heterocycles. The maximum absolute atomic E-state index is 11.6. The van der Waals surface area contributed by atoms with Gasteiger partial charge in [-0.2, -0.15) is 0 Å². The van der Waals surface area contributed by atoms with Crippen LogP contribution in [0.3, 0.4) is 0 Å². The third kappa shape index (κ3) is 7.86. The van der Waals surface area contributed by atoms with Gasteiger partial charge < -0.3 is 9.53 Å². The summed E-state index contributed by atoms with van der Waals surface area (Å²) < 4.78 is 5.02. The second-order valence-corrected chi connectivity index (χ2v) is 5.58. The van der Waals surface area contributed by atoms with Gasteiger partial charge in [0.05, 0.1) is 12.0 Å². The van der Waals surface area contributed by atoms with Crippen LogP contribution in [0, 0.1) is 0 Å². The predicted molar refractivity (Wildman–Crippen MR) is 86.7 cm³/mol. The van der Waals surface area contributed by atoms with E-state index in [0.29, 0.717) is 18.9 Å². The van der Waals surface area contributed by atoms with Gasteiger partial charge in [-0.3, -0.25) is 4.79 Å². The van der Waals surface area contributed by atoms with Crippen LogP contribution >= 0.6 is 11.6 Å². The number of esters is 1. The summed E-state index contributed by atoms with van der Waals surface area (Å²) in [5.41, 5.74) is 0.426. The highest BCUT2D eigenvalue weighted by molar-refractivity contribution is 6.17. The van der Waals surface area contributed by atoms with E-state index in [0.717, 1.165) is 12.0 Å². The summed E-state index contributed by atoms with van der Waals surface area (Å²) >= 11 is 5.29. The topological polar surface area (TPSA) is 43.4 Å². The van der Waals surface area contributed by atoms with Crippen molar-refractivity contribution >= 4 is 23.4 Å². The molecule has 0 saturated heterocycles. The van der Waals surface area contributed by atoms with Crippen molar-refractivity contribution < 1.29 is 14.3 Å². The molecule has 1 aromatic rings. The van der Waals surface area contributed by atoms with Crippen LogP contribution in [-0.2, 0) is 19.7 Å². The Hall–Kier alpha value is -1.35. The zero-order valence-electron chi connectivity index (χ0n) is 13.3. The van der Waals surface area contributed by atoms with Gasteiger partial charge in [0.15, 0.2) is 0 Å². The Morgan fingerprint density at radius 2 is 1.76 bits per heavy atom. The molecule has 0 aliphatic rings. The van der Waals surface area contributed by atoms with Crippen molar-refractivity contribution in [2.24, 2.45) is 0 Å². The van der Waals surface area contributed by atoms with Crippen LogP contribution in [-0.4, -0.2) is 24.2 Å². The van der Waals surface area contributed by atoms with Crippen molar-refractivity contribution in [3.8, 4) is 0 Å². The van der Waals surface area contributed by atoms with Crippen molar-refractivity contribution in [2.45, 2.75) is 46.0 Å². The highest BCUT2D eigenvalue weighted by Gasteiger charge is 2.30. The second-order valence-electron chi connectivity index (χ2n) is 5.21. The van der Waals surface area contributed by atoms with E-state index in [4.69, 9.17) is 16.3 Å². The summed E-state index contributed by atoms with van der Waals surface area (Å²) in [6.07, 6.45) is 1.44. The summed E-state index contributed by atoms with van der Waals surface area (Å²) in [4.78, 5) is 21.8. The Morgan fingerprint density at radius 3 is 2.14 bits per heavy atom.